The monoisotopic (exact) mass is 401 g/mol. The zero-order valence-corrected chi connectivity index (χ0v) is 17.2. The molecule has 7 heteroatoms. The Kier molecular flexibility index (Phi) is 8.00. The van der Waals surface area contributed by atoms with Gasteiger partial charge in [-0.3, -0.25) is 4.79 Å². The first-order chi connectivity index (χ1) is 13.8. The van der Waals surface area contributed by atoms with E-state index >= 15 is 0 Å². The number of ether oxygens (including phenoxy) is 2. The number of carbonyl (C=O) groups excluding carboxylic acids is 2. The summed E-state index contributed by atoms with van der Waals surface area (Å²) < 4.78 is 15.5. The zero-order chi connectivity index (χ0) is 21.4. The fourth-order valence-corrected chi connectivity index (χ4v) is 2.75. The zero-order valence-electron chi connectivity index (χ0n) is 17.2. The van der Waals surface area contributed by atoms with Crippen LogP contribution in [0.3, 0.4) is 0 Å². The maximum absolute atomic E-state index is 12.4. The first-order valence-corrected chi connectivity index (χ1v) is 9.54. The lowest BCUT2D eigenvalue weighted by Crippen LogP contribution is -2.32. The molecule has 2 aromatic rings. The predicted octanol–water partition coefficient (Wildman–Crippen LogP) is 3.13. The lowest BCUT2D eigenvalue weighted by molar-refractivity contribution is 0.0600. The molecule has 29 heavy (non-hydrogen) atoms. The molecule has 0 bridgehead atoms. The number of benzene rings is 1. The van der Waals surface area contributed by atoms with Crippen molar-refractivity contribution in [2.45, 2.75) is 33.6 Å². The molecule has 0 aliphatic rings. The van der Waals surface area contributed by atoms with Crippen molar-refractivity contribution in [3.05, 3.63) is 63.2 Å². The van der Waals surface area contributed by atoms with Crippen LogP contribution in [-0.4, -0.2) is 32.1 Å². The number of esters is 1. The summed E-state index contributed by atoms with van der Waals surface area (Å²) in [5.74, 6) is 0.609. The van der Waals surface area contributed by atoms with Crippen molar-refractivity contribution in [3.8, 4) is 5.75 Å². The van der Waals surface area contributed by atoms with Gasteiger partial charge in [0.05, 0.1) is 19.2 Å². The molecule has 0 aliphatic heterocycles. The topological polar surface area (TPSA) is 94.8 Å². The summed E-state index contributed by atoms with van der Waals surface area (Å²) in [6.45, 7) is 6.28. The van der Waals surface area contributed by atoms with Gasteiger partial charge in [-0.05, 0) is 49.1 Å². The molecule has 1 N–H and O–H groups in total. The molecule has 1 amide bonds. The number of hydrogen-bond donors (Lipinski definition) is 1. The van der Waals surface area contributed by atoms with Gasteiger partial charge in [0.15, 0.2) is 0 Å². The second kappa shape index (κ2) is 10.5. The van der Waals surface area contributed by atoms with Crippen molar-refractivity contribution in [2.75, 3.05) is 20.3 Å². The van der Waals surface area contributed by atoms with Crippen LogP contribution in [0.25, 0.3) is 0 Å². The van der Waals surface area contributed by atoms with Gasteiger partial charge < -0.3 is 19.2 Å². The second-order valence-corrected chi connectivity index (χ2v) is 7.11. The molecule has 0 unspecified atom stereocenters. The highest BCUT2D eigenvalue weighted by Gasteiger charge is 2.16. The van der Waals surface area contributed by atoms with Crippen molar-refractivity contribution in [1.29, 1.82) is 0 Å². The first-order valence-electron chi connectivity index (χ1n) is 9.54. The van der Waals surface area contributed by atoms with E-state index in [2.05, 4.69) is 23.9 Å². The largest absolute Gasteiger partial charge is 0.492 e. The van der Waals surface area contributed by atoms with E-state index in [0.29, 0.717) is 35.0 Å². The number of rotatable bonds is 9. The van der Waals surface area contributed by atoms with Gasteiger partial charge in [0.2, 0.25) is 0 Å². The Labute approximate surface area is 170 Å². The van der Waals surface area contributed by atoms with Gasteiger partial charge in [0, 0.05) is 6.42 Å². The molecule has 0 radical (unpaired) electrons. The SMILES string of the molecule is COC(=O)c1cccc(OCCNC(=O)c2c(C)cc(CCC(C)C)oc2=O)c1. The highest BCUT2D eigenvalue weighted by atomic mass is 16.5. The van der Waals surface area contributed by atoms with Crippen molar-refractivity contribution < 1.29 is 23.5 Å². The van der Waals surface area contributed by atoms with E-state index in [1.807, 2.05) is 0 Å². The molecule has 0 saturated heterocycles. The maximum Gasteiger partial charge on any atom is 0.349 e. The van der Waals surface area contributed by atoms with E-state index in [0.717, 1.165) is 6.42 Å². The molecule has 0 fully saturated rings. The molecule has 2 rings (SSSR count). The van der Waals surface area contributed by atoms with Crippen LogP contribution in [0, 0.1) is 12.8 Å². The second-order valence-electron chi connectivity index (χ2n) is 7.11. The minimum Gasteiger partial charge on any atom is -0.492 e. The number of carbonyl (C=O) groups is 2. The van der Waals surface area contributed by atoms with E-state index in [1.165, 1.54) is 7.11 Å². The number of aryl methyl sites for hydroxylation is 2. The quantitative estimate of drug-likeness (QED) is 0.512. The van der Waals surface area contributed by atoms with Crippen molar-refractivity contribution in [1.82, 2.24) is 5.32 Å². The third-order valence-corrected chi connectivity index (χ3v) is 4.31. The molecule has 0 spiro atoms. The molecule has 0 saturated carbocycles. The third kappa shape index (κ3) is 6.48. The first kappa shape index (κ1) is 22.2. The van der Waals surface area contributed by atoms with Gasteiger partial charge in [0.25, 0.3) is 5.91 Å². The third-order valence-electron chi connectivity index (χ3n) is 4.31. The summed E-state index contributed by atoms with van der Waals surface area (Å²) in [7, 11) is 1.31. The Morgan fingerprint density at radius 1 is 1.21 bits per heavy atom. The minimum absolute atomic E-state index is 0.00554. The van der Waals surface area contributed by atoms with Gasteiger partial charge in [-0.25, -0.2) is 9.59 Å². The molecule has 0 atom stereocenters. The van der Waals surface area contributed by atoms with E-state index in [9.17, 15) is 14.4 Å². The van der Waals surface area contributed by atoms with Crippen LogP contribution in [-0.2, 0) is 11.2 Å². The average molecular weight is 401 g/mol. The van der Waals surface area contributed by atoms with E-state index in [1.54, 1.807) is 37.3 Å². The van der Waals surface area contributed by atoms with Gasteiger partial charge in [-0.2, -0.15) is 0 Å². The lowest BCUT2D eigenvalue weighted by atomic mass is 10.0. The lowest BCUT2D eigenvalue weighted by Gasteiger charge is -2.10. The molecule has 7 nitrogen and oxygen atoms in total. The van der Waals surface area contributed by atoms with Crippen molar-refractivity contribution >= 4 is 11.9 Å². The summed E-state index contributed by atoms with van der Waals surface area (Å²) in [6, 6.07) is 8.29. The van der Waals surface area contributed by atoms with Crippen LogP contribution in [0.5, 0.6) is 5.75 Å². The van der Waals surface area contributed by atoms with Crippen molar-refractivity contribution in [3.63, 3.8) is 0 Å². The molecular formula is C22H27NO6. The predicted molar refractivity (Wildman–Crippen MR) is 108 cm³/mol. The van der Waals surface area contributed by atoms with E-state index < -0.39 is 17.5 Å². The number of nitrogens with one attached hydrogen (secondary N) is 1. The highest BCUT2D eigenvalue weighted by molar-refractivity contribution is 5.95. The summed E-state index contributed by atoms with van der Waals surface area (Å²) in [5, 5.41) is 2.65. The standard InChI is InChI=1S/C22H27NO6/c1-14(2)8-9-18-12-15(3)19(22(26)29-18)20(24)23-10-11-28-17-7-5-6-16(13-17)21(25)27-4/h5-7,12-14H,8-11H2,1-4H3,(H,23,24). The fourth-order valence-electron chi connectivity index (χ4n) is 2.75. The smallest absolute Gasteiger partial charge is 0.349 e. The molecule has 1 aromatic heterocycles. The summed E-state index contributed by atoms with van der Waals surface area (Å²) >= 11 is 0. The maximum atomic E-state index is 12.4. The molecular weight excluding hydrogens is 374 g/mol. The molecule has 156 valence electrons. The number of methoxy groups -OCH3 is 1. The summed E-state index contributed by atoms with van der Waals surface area (Å²) in [6.07, 6.45) is 1.57. The van der Waals surface area contributed by atoms with Crippen LogP contribution >= 0.6 is 0 Å². The Hall–Kier alpha value is -3.09. The Morgan fingerprint density at radius 2 is 1.97 bits per heavy atom. The molecule has 1 aromatic carbocycles. The van der Waals surface area contributed by atoms with Gasteiger partial charge in [0.1, 0.15) is 23.7 Å². The van der Waals surface area contributed by atoms with Crippen molar-refractivity contribution in [2.24, 2.45) is 5.92 Å². The van der Waals surface area contributed by atoms with Gasteiger partial charge in [-0.15, -0.1) is 0 Å². The van der Waals surface area contributed by atoms with Gasteiger partial charge >= 0.3 is 11.6 Å². The van der Waals surface area contributed by atoms with Gasteiger partial charge in [-0.1, -0.05) is 19.9 Å². The number of amides is 1. The van der Waals surface area contributed by atoms with Crippen LogP contribution < -0.4 is 15.7 Å². The molecule has 1 heterocycles. The Bertz CT molecular complexity index is 916. The van der Waals surface area contributed by atoms with E-state index in [4.69, 9.17) is 9.15 Å². The highest BCUT2D eigenvalue weighted by Crippen LogP contribution is 2.14. The molecule has 0 aliphatic carbocycles. The normalized spacial score (nSPS) is 10.7. The minimum atomic E-state index is -0.632. The fraction of sp³-hybridized carbons (Fsp3) is 0.409. The average Bonchev–Trinajstić information content (AvgIpc) is 2.68. The van der Waals surface area contributed by atoms with Crippen LogP contribution in [0.15, 0.2) is 39.5 Å². The summed E-state index contributed by atoms with van der Waals surface area (Å²) in [5.41, 5.74) is 0.336. The van der Waals surface area contributed by atoms with Crippen LogP contribution in [0.1, 0.15) is 52.3 Å². The summed E-state index contributed by atoms with van der Waals surface area (Å²) in [4.78, 5) is 36.1. The van der Waals surface area contributed by atoms with Crippen LogP contribution in [0.2, 0.25) is 0 Å². The Morgan fingerprint density at radius 3 is 2.62 bits per heavy atom. The van der Waals surface area contributed by atoms with E-state index in [-0.39, 0.29) is 18.7 Å². The number of hydrogen-bond acceptors (Lipinski definition) is 6. The Balaban J connectivity index is 1.91. The van der Waals surface area contributed by atoms with Crippen LogP contribution in [0.4, 0.5) is 0 Å².